The van der Waals surface area contributed by atoms with E-state index in [9.17, 15) is 4.79 Å². The third kappa shape index (κ3) is 1.31. The first kappa shape index (κ1) is 7.98. The summed E-state index contributed by atoms with van der Waals surface area (Å²) in [4.78, 5) is 10.9. The molecule has 0 saturated heterocycles. The van der Waals surface area contributed by atoms with Crippen molar-refractivity contribution in [3.63, 3.8) is 0 Å². The second-order valence-corrected chi connectivity index (χ2v) is 2.52. The van der Waals surface area contributed by atoms with Gasteiger partial charge in [-0.2, -0.15) is 5.10 Å². The van der Waals surface area contributed by atoms with E-state index in [1.165, 1.54) is 0 Å². The van der Waals surface area contributed by atoms with Crippen LogP contribution in [-0.4, -0.2) is 15.6 Å². The van der Waals surface area contributed by atoms with Gasteiger partial charge in [-0.25, -0.2) is 0 Å². The molecule has 1 aromatic heterocycles. The molecule has 60 valence electrons. The summed E-state index contributed by atoms with van der Waals surface area (Å²) >= 11 is 0. The second kappa shape index (κ2) is 2.86. The van der Waals surface area contributed by atoms with Crippen molar-refractivity contribution in [1.29, 1.82) is 0 Å². The molecular formula is C8H12N2O. The van der Waals surface area contributed by atoms with Crippen LogP contribution in [0.1, 0.15) is 29.9 Å². The van der Waals surface area contributed by atoms with Gasteiger partial charge in [-0.15, -0.1) is 0 Å². The Morgan fingerprint density at radius 3 is 2.64 bits per heavy atom. The van der Waals surface area contributed by atoms with E-state index >= 15 is 0 Å². The van der Waals surface area contributed by atoms with Gasteiger partial charge in [-0.1, -0.05) is 0 Å². The lowest BCUT2D eigenvalue weighted by Gasteiger charge is -1.98. The Labute approximate surface area is 66.0 Å². The second-order valence-electron chi connectivity index (χ2n) is 2.52. The van der Waals surface area contributed by atoms with Crippen molar-refractivity contribution in [3.8, 4) is 0 Å². The van der Waals surface area contributed by atoms with Crippen LogP contribution in [-0.2, 0) is 6.54 Å². The fourth-order valence-corrected chi connectivity index (χ4v) is 1.11. The lowest BCUT2D eigenvalue weighted by Crippen LogP contribution is -2.00. The van der Waals surface area contributed by atoms with Gasteiger partial charge in [-0.3, -0.25) is 9.48 Å². The quantitative estimate of drug-likeness (QED) is 0.600. The van der Waals surface area contributed by atoms with E-state index in [-0.39, 0.29) is 5.78 Å². The number of Topliss-reactive ketones (excluding diaryl/α,β-unsaturated/α-hetero) is 1. The molecule has 0 aliphatic carbocycles. The zero-order valence-corrected chi connectivity index (χ0v) is 7.09. The molecule has 1 rings (SSSR count). The predicted molar refractivity (Wildman–Crippen MR) is 42.6 cm³/mol. The summed E-state index contributed by atoms with van der Waals surface area (Å²) in [5.74, 6) is 0.0854. The molecule has 3 heteroatoms. The summed E-state index contributed by atoms with van der Waals surface area (Å²) in [5.41, 5.74) is 1.69. The molecule has 0 aromatic carbocycles. The fraction of sp³-hybridized carbons (Fsp3) is 0.500. The normalized spacial score (nSPS) is 10.1. The van der Waals surface area contributed by atoms with Gasteiger partial charge >= 0.3 is 0 Å². The summed E-state index contributed by atoms with van der Waals surface area (Å²) in [7, 11) is 0. The number of nitrogens with zero attached hydrogens (tertiary/aromatic N) is 2. The van der Waals surface area contributed by atoms with Crippen LogP contribution in [0.25, 0.3) is 0 Å². The topological polar surface area (TPSA) is 34.9 Å². The number of rotatable bonds is 2. The van der Waals surface area contributed by atoms with E-state index in [0.717, 1.165) is 17.8 Å². The molecule has 0 aliphatic heterocycles. The summed E-state index contributed by atoms with van der Waals surface area (Å²) in [6.45, 7) is 6.29. The first-order valence-corrected chi connectivity index (χ1v) is 3.70. The third-order valence-electron chi connectivity index (χ3n) is 1.78. The van der Waals surface area contributed by atoms with Gasteiger partial charge in [0.2, 0.25) is 0 Å². The minimum atomic E-state index is 0.0854. The Bertz CT molecular complexity index is 276. The van der Waals surface area contributed by atoms with Gasteiger partial charge in [0.25, 0.3) is 0 Å². The third-order valence-corrected chi connectivity index (χ3v) is 1.78. The number of ketones is 1. The van der Waals surface area contributed by atoms with Crippen LogP contribution in [0, 0.1) is 6.92 Å². The van der Waals surface area contributed by atoms with Crippen molar-refractivity contribution in [2.75, 3.05) is 0 Å². The largest absolute Gasteiger partial charge is 0.294 e. The monoisotopic (exact) mass is 152 g/mol. The van der Waals surface area contributed by atoms with Crippen molar-refractivity contribution in [2.45, 2.75) is 27.3 Å². The molecule has 0 radical (unpaired) electrons. The van der Waals surface area contributed by atoms with Gasteiger partial charge in [0.15, 0.2) is 5.78 Å². The minimum absolute atomic E-state index is 0.0854. The van der Waals surface area contributed by atoms with Crippen molar-refractivity contribution in [2.24, 2.45) is 0 Å². The highest BCUT2D eigenvalue weighted by Gasteiger charge is 2.07. The number of aryl methyl sites for hydroxylation is 1. The molecule has 0 bridgehead atoms. The number of carbonyl (C=O) groups excluding carboxylic acids is 1. The van der Waals surface area contributed by atoms with Crippen molar-refractivity contribution in [3.05, 3.63) is 17.5 Å². The van der Waals surface area contributed by atoms with E-state index in [1.807, 2.05) is 18.5 Å². The average Bonchev–Trinajstić information content (AvgIpc) is 2.30. The van der Waals surface area contributed by atoms with Crippen LogP contribution < -0.4 is 0 Å². The zero-order valence-electron chi connectivity index (χ0n) is 7.09. The first-order valence-electron chi connectivity index (χ1n) is 3.70. The number of carbonyl (C=O) groups is 1. The molecule has 0 atom stereocenters. The van der Waals surface area contributed by atoms with Crippen LogP contribution in [0.5, 0.6) is 0 Å². The maximum atomic E-state index is 10.9. The van der Waals surface area contributed by atoms with Gasteiger partial charge in [0.1, 0.15) is 0 Å². The van der Waals surface area contributed by atoms with Gasteiger partial charge < -0.3 is 0 Å². The lowest BCUT2D eigenvalue weighted by atomic mass is 10.2. The maximum Gasteiger partial charge on any atom is 0.163 e. The highest BCUT2D eigenvalue weighted by atomic mass is 16.1. The Morgan fingerprint density at radius 2 is 2.36 bits per heavy atom. The summed E-state index contributed by atoms with van der Waals surface area (Å²) in [5, 5.41) is 4.05. The molecule has 0 amide bonds. The fourth-order valence-electron chi connectivity index (χ4n) is 1.11. The molecule has 0 fully saturated rings. The van der Waals surface area contributed by atoms with Gasteiger partial charge in [0.05, 0.1) is 11.8 Å². The predicted octanol–water partition coefficient (Wildman–Crippen LogP) is 1.41. The summed E-state index contributed by atoms with van der Waals surface area (Å²) < 4.78 is 1.82. The van der Waals surface area contributed by atoms with Gasteiger partial charge in [0, 0.05) is 12.2 Å². The lowest BCUT2D eigenvalue weighted by molar-refractivity contribution is 0.101. The number of hydrogen-bond acceptors (Lipinski definition) is 2. The molecule has 3 nitrogen and oxygen atoms in total. The van der Waals surface area contributed by atoms with Crippen LogP contribution in [0.2, 0.25) is 0 Å². The van der Waals surface area contributed by atoms with Crippen LogP contribution >= 0.6 is 0 Å². The van der Waals surface area contributed by atoms with Crippen LogP contribution in [0.3, 0.4) is 0 Å². The first-order chi connectivity index (χ1) is 5.16. The van der Waals surface area contributed by atoms with E-state index in [2.05, 4.69) is 5.10 Å². The van der Waals surface area contributed by atoms with E-state index in [4.69, 9.17) is 0 Å². The Kier molecular flexibility index (Phi) is 2.08. The molecule has 11 heavy (non-hydrogen) atoms. The SMILES string of the molecule is CCn1ncc(C(C)=O)c1C. The Balaban J connectivity index is 3.10. The minimum Gasteiger partial charge on any atom is -0.294 e. The molecule has 0 spiro atoms. The molecule has 0 unspecified atom stereocenters. The van der Waals surface area contributed by atoms with Crippen molar-refractivity contribution >= 4 is 5.78 Å². The molecule has 0 saturated carbocycles. The van der Waals surface area contributed by atoms with Crippen LogP contribution in [0.4, 0.5) is 0 Å². The smallest absolute Gasteiger partial charge is 0.163 e. The number of hydrogen-bond donors (Lipinski definition) is 0. The molecule has 0 N–H and O–H groups in total. The highest BCUT2D eigenvalue weighted by Crippen LogP contribution is 2.06. The number of aromatic nitrogens is 2. The highest BCUT2D eigenvalue weighted by molar-refractivity contribution is 5.94. The molecule has 1 aromatic rings. The van der Waals surface area contributed by atoms with Crippen molar-refractivity contribution < 1.29 is 4.79 Å². The average molecular weight is 152 g/mol. The van der Waals surface area contributed by atoms with E-state index in [0.29, 0.717) is 0 Å². The maximum absolute atomic E-state index is 10.9. The van der Waals surface area contributed by atoms with E-state index in [1.54, 1.807) is 13.1 Å². The van der Waals surface area contributed by atoms with Gasteiger partial charge in [-0.05, 0) is 20.8 Å². The summed E-state index contributed by atoms with van der Waals surface area (Å²) in [6, 6.07) is 0. The Hall–Kier alpha value is -1.12. The van der Waals surface area contributed by atoms with Crippen LogP contribution in [0.15, 0.2) is 6.20 Å². The molecule has 1 heterocycles. The standard InChI is InChI=1S/C8H12N2O/c1-4-10-6(2)8(5-9-10)7(3)11/h5H,4H2,1-3H3. The van der Waals surface area contributed by atoms with Crippen molar-refractivity contribution in [1.82, 2.24) is 9.78 Å². The van der Waals surface area contributed by atoms with E-state index < -0.39 is 0 Å². The molecule has 0 aliphatic rings. The zero-order chi connectivity index (χ0) is 8.43. The summed E-state index contributed by atoms with van der Waals surface area (Å²) in [6.07, 6.45) is 1.63. The Morgan fingerprint density at radius 1 is 1.73 bits per heavy atom. The molecular weight excluding hydrogens is 140 g/mol.